The maximum atomic E-state index is 12.7. The van der Waals surface area contributed by atoms with Crippen molar-refractivity contribution in [1.29, 1.82) is 0 Å². The number of alkyl halides is 3. The SMILES string of the molecule is C.COc1ccccc1-c1n[nH]c2c1CN(C(=O)Nc1cccc(Cl)c1)CC2.COc1ccccc1B(O)O.O=C(Nc1cccc(Cl)c1)N1CCc2[nH]nc(OS(=O)(=O)C(F)(F)F)c2C1. The predicted molar refractivity (Wildman–Crippen MR) is 243 cm³/mol. The van der Waals surface area contributed by atoms with Crippen molar-refractivity contribution in [1.82, 2.24) is 30.2 Å². The fraction of sp³-hybridized carbons (Fsp3) is 0.238. The van der Waals surface area contributed by atoms with Gasteiger partial charge in [0.2, 0.25) is 0 Å². The van der Waals surface area contributed by atoms with Crippen LogP contribution in [-0.2, 0) is 36.0 Å². The van der Waals surface area contributed by atoms with E-state index in [2.05, 4.69) is 35.2 Å². The van der Waals surface area contributed by atoms with E-state index in [0.29, 0.717) is 51.4 Å². The van der Waals surface area contributed by atoms with E-state index >= 15 is 0 Å². The lowest BCUT2D eigenvalue weighted by molar-refractivity contribution is -0.0501. The summed E-state index contributed by atoms with van der Waals surface area (Å²) in [6.07, 6.45) is 0.959. The van der Waals surface area contributed by atoms with E-state index in [9.17, 15) is 31.2 Å². The first-order valence-corrected chi connectivity index (χ1v) is 21.5. The molecule has 2 aromatic heterocycles. The van der Waals surface area contributed by atoms with Crippen molar-refractivity contribution in [3.63, 3.8) is 0 Å². The molecule has 24 heteroatoms. The third-order valence-corrected chi connectivity index (χ3v) is 11.2. The van der Waals surface area contributed by atoms with Gasteiger partial charge in [0, 0.05) is 75.3 Å². The number of H-pyrrole nitrogens is 2. The molecular formula is C42H44BCl2F3N8O9S. The minimum atomic E-state index is -5.86. The zero-order chi connectivity index (χ0) is 46.9. The minimum Gasteiger partial charge on any atom is -0.497 e. The monoisotopic (exact) mass is 974 g/mol. The van der Waals surface area contributed by atoms with E-state index in [1.807, 2.05) is 36.4 Å². The van der Waals surface area contributed by atoms with Crippen LogP contribution in [0.3, 0.4) is 0 Å². The smallest absolute Gasteiger partial charge is 0.497 e. The molecule has 0 atom stereocenters. The molecule has 6 N–H and O–H groups in total. The molecule has 0 spiro atoms. The van der Waals surface area contributed by atoms with Gasteiger partial charge in [-0.1, -0.05) is 73.1 Å². The van der Waals surface area contributed by atoms with Gasteiger partial charge in [0.1, 0.15) is 17.2 Å². The van der Waals surface area contributed by atoms with E-state index in [1.54, 1.807) is 66.6 Å². The average molecular weight is 976 g/mol. The quantitative estimate of drug-likeness (QED) is 0.0507. The summed E-state index contributed by atoms with van der Waals surface area (Å²) in [5.74, 6) is 0.511. The summed E-state index contributed by atoms with van der Waals surface area (Å²) < 4.78 is 74.3. The highest BCUT2D eigenvalue weighted by atomic mass is 35.5. The van der Waals surface area contributed by atoms with Crippen LogP contribution in [0, 0.1) is 0 Å². The number of nitrogens with one attached hydrogen (secondary N) is 4. The van der Waals surface area contributed by atoms with Crippen molar-refractivity contribution >= 4 is 69.3 Å². The molecule has 0 fully saturated rings. The Balaban J connectivity index is 0.000000200. The Morgan fingerprint density at radius 3 is 1.76 bits per heavy atom. The third kappa shape index (κ3) is 12.5. The molecule has 6 aromatic rings. The number of halogens is 5. The van der Waals surface area contributed by atoms with Crippen LogP contribution < -0.4 is 29.8 Å². The van der Waals surface area contributed by atoms with Crippen molar-refractivity contribution in [2.45, 2.75) is 38.9 Å². The van der Waals surface area contributed by atoms with Crippen LogP contribution in [0.4, 0.5) is 34.1 Å². The highest BCUT2D eigenvalue weighted by Crippen LogP contribution is 2.35. The number of para-hydroxylation sites is 2. The summed E-state index contributed by atoms with van der Waals surface area (Å²) in [7, 11) is -4.20. The molecule has 0 aliphatic carbocycles. The third-order valence-electron chi connectivity index (χ3n) is 9.81. The average Bonchev–Trinajstić information content (AvgIpc) is 3.89. The molecule has 0 saturated carbocycles. The lowest BCUT2D eigenvalue weighted by atomic mass is 9.80. The Kier molecular flexibility index (Phi) is 17.0. The van der Waals surface area contributed by atoms with Crippen LogP contribution in [-0.4, -0.2) is 101 Å². The molecule has 4 amide bonds. The lowest BCUT2D eigenvalue weighted by Gasteiger charge is -2.27. The number of hydrogen-bond donors (Lipinski definition) is 6. The number of urea groups is 2. The molecule has 0 radical (unpaired) electrons. The minimum absolute atomic E-state index is 0. The zero-order valence-corrected chi connectivity index (χ0v) is 36.7. The van der Waals surface area contributed by atoms with Crippen LogP contribution in [0.15, 0.2) is 97.1 Å². The number of fused-ring (bicyclic) bond motifs is 2. The van der Waals surface area contributed by atoms with E-state index in [4.69, 9.17) is 42.7 Å². The molecule has 4 heterocycles. The number of aromatic nitrogens is 4. The van der Waals surface area contributed by atoms with E-state index in [0.717, 1.165) is 34.7 Å². The van der Waals surface area contributed by atoms with Crippen molar-refractivity contribution in [3.8, 4) is 28.6 Å². The van der Waals surface area contributed by atoms with Crippen LogP contribution in [0.5, 0.6) is 17.4 Å². The van der Waals surface area contributed by atoms with Gasteiger partial charge in [0.05, 0.1) is 32.9 Å². The van der Waals surface area contributed by atoms with Gasteiger partial charge in [-0.2, -0.15) is 26.7 Å². The molecule has 66 heavy (non-hydrogen) atoms. The number of rotatable bonds is 8. The van der Waals surface area contributed by atoms with E-state index in [1.165, 1.54) is 18.1 Å². The van der Waals surface area contributed by atoms with Crippen LogP contribution in [0.25, 0.3) is 11.3 Å². The Morgan fingerprint density at radius 2 is 1.24 bits per heavy atom. The summed E-state index contributed by atoms with van der Waals surface area (Å²) in [5, 5.41) is 37.6. The van der Waals surface area contributed by atoms with Crippen molar-refractivity contribution < 1.29 is 54.9 Å². The van der Waals surface area contributed by atoms with Gasteiger partial charge in [-0.05, 0) is 54.6 Å². The first-order chi connectivity index (χ1) is 31.0. The van der Waals surface area contributed by atoms with Crippen LogP contribution in [0.2, 0.25) is 10.0 Å². The topological polar surface area (TPSA) is 224 Å². The Bertz CT molecular complexity index is 2740. The van der Waals surface area contributed by atoms with Crippen LogP contribution in [0.1, 0.15) is 29.9 Å². The molecular weight excluding hydrogens is 931 g/mol. The second kappa shape index (κ2) is 22.2. The fourth-order valence-corrected chi connectivity index (χ4v) is 7.43. The summed E-state index contributed by atoms with van der Waals surface area (Å²) in [5.41, 5.74) is 0.181. The molecule has 4 aromatic carbocycles. The Labute approximate surface area is 388 Å². The number of nitrogens with zero attached hydrogens (tertiary/aromatic N) is 4. The molecule has 8 rings (SSSR count). The first-order valence-electron chi connectivity index (χ1n) is 19.4. The highest BCUT2D eigenvalue weighted by molar-refractivity contribution is 7.88. The zero-order valence-electron chi connectivity index (χ0n) is 34.4. The second-order valence-corrected chi connectivity index (χ2v) is 16.4. The van der Waals surface area contributed by atoms with Gasteiger partial charge in [-0.15, -0.1) is 5.10 Å². The number of amides is 4. The molecule has 350 valence electrons. The van der Waals surface area contributed by atoms with E-state index < -0.39 is 34.7 Å². The van der Waals surface area contributed by atoms with Crippen LogP contribution >= 0.6 is 23.2 Å². The largest absolute Gasteiger partial charge is 0.534 e. The number of methoxy groups -OCH3 is 2. The Hall–Kier alpha value is -6.46. The summed E-state index contributed by atoms with van der Waals surface area (Å²) in [4.78, 5) is 28.1. The number of aromatic amines is 2. The standard InChI is InChI=1S/C20H19ClN4O2.C14H12ClF3N4O4S.C7H9BO3.CH4/c1-27-18-8-3-2-7-15(18)19-16-12-25(10-9-17(16)23-24-19)20(26)22-14-6-4-5-13(21)11-14;15-8-2-1-3-9(6-8)19-13(23)22-5-4-11-10(7-22)12(21-20-11)26-27(24,25)14(16,17)18;1-11-7-5-3-2-4-6(7)8(9)10;/h2-8,11H,9-10,12H2,1H3,(H,22,26)(H,23,24);1-3,6H,4-5,7H2,(H,19,23)(H,20,21);2-5,9-10H,1H3;1H4. The van der Waals surface area contributed by atoms with Gasteiger partial charge in [0.15, 0.2) is 0 Å². The molecule has 2 aliphatic heterocycles. The maximum Gasteiger partial charge on any atom is 0.534 e. The fourth-order valence-electron chi connectivity index (χ4n) is 6.61. The van der Waals surface area contributed by atoms with Gasteiger partial charge >= 0.3 is 34.8 Å². The number of benzene rings is 4. The first kappa shape index (κ1) is 50.5. The van der Waals surface area contributed by atoms with Gasteiger partial charge in [0.25, 0.3) is 5.88 Å². The molecule has 0 bridgehead atoms. The predicted octanol–water partition coefficient (Wildman–Crippen LogP) is 7.22. The van der Waals surface area contributed by atoms with Crippen molar-refractivity contribution in [2.24, 2.45) is 0 Å². The molecule has 0 unspecified atom stereocenters. The Morgan fingerprint density at radius 1 is 0.742 bits per heavy atom. The molecule has 2 aliphatic rings. The van der Waals surface area contributed by atoms with Gasteiger partial charge in [-0.3, -0.25) is 10.2 Å². The van der Waals surface area contributed by atoms with Gasteiger partial charge < -0.3 is 44.1 Å². The number of carbonyl (C=O) groups is 2. The maximum absolute atomic E-state index is 12.7. The molecule has 0 saturated heterocycles. The number of hydrogen-bond acceptors (Lipinski definition) is 11. The highest BCUT2D eigenvalue weighted by Gasteiger charge is 2.49. The number of anilines is 2. The summed E-state index contributed by atoms with van der Waals surface area (Å²) >= 11 is 11.8. The molecule has 17 nitrogen and oxygen atoms in total. The number of carbonyl (C=O) groups excluding carboxylic acids is 2. The van der Waals surface area contributed by atoms with Crippen molar-refractivity contribution in [2.75, 3.05) is 37.9 Å². The summed E-state index contributed by atoms with van der Waals surface area (Å²) in [6, 6.07) is 27.3. The van der Waals surface area contributed by atoms with Gasteiger partial charge in [-0.25, -0.2) is 9.59 Å². The number of ether oxygens (including phenoxy) is 2. The van der Waals surface area contributed by atoms with E-state index in [-0.39, 0.29) is 38.5 Å². The second-order valence-electron chi connectivity index (χ2n) is 14.0. The lowest BCUT2D eigenvalue weighted by Crippen LogP contribution is -2.39. The van der Waals surface area contributed by atoms with Crippen molar-refractivity contribution in [3.05, 3.63) is 130 Å². The summed E-state index contributed by atoms with van der Waals surface area (Å²) in [6.45, 7) is 1.16. The normalized spacial score (nSPS) is 12.9.